The highest BCUT2D eigenvalue weighted by Crippen LogP contribution is 2.25. The van der Waals surface area contributed by atoms with Crippen LogP contribution in [0.5, 0.6) is 5.75 Å². The van der Waals surface area contributed by atoms with Crippen molar-refractivity contribution in [1.82, 2.24) is 9.78 Å². The zero-order valence-corrected chi connectivity index (χ0v) is 11.0. The van der Waals surface area contributed by atoms with Crippen molar-refractivity contribution in [3.05, 3.63) is 36.0 Å². The van der Waals surface area contributed by atoms with Gasteiger partial charge in [-0.3, -0.25) is 4.68 Å². The van der Waals surface area contributed by atoms with Gasteiger partial charge in [0.1, 0.15) is 17.0 Å². The second kappa shape index (κ2) is 5.56. The van der Waals surface area contributed by atoms with E-state index in [0.29, 0.717) is 18.0 Å². The molecular weight excluding hydrogens is 244 g/mol. The number of methoxy groups -OCH3 is 1. The Morgan fingerprint density at radius 1 is 1.47 bits per heavy atom. The molecule has 0 saturated heterocycles. The van der Waals surface area contributed by atoms with Crippen LogP contribution in [0, 0.1) is 0 Å². The van der Waals surface area contributed by atoms with E-state index in [9.17, 15) is 9.90 Å². The zero-order valence-electron chi connectivity index (χ0n) is 11.0. The van der Waals surface area contributed by atoms with Crippen LogP contribution in [-0.2, 0) is 6.54 Å². The molecule has 1 aromatic carbocycles. The fourth-order valence-electron chi connectivity index (χ4n) is 1.91. The van der Waals surface area contributed by atoms with Crippen LogP contribution in [0.3, 0.4) is 0 Å². The number of carbonyl (C=O) groups is 1. The molecule has 1 N–H and O–H groups in total. The Kier molecular flexibility index (Phi) is 3.85. The summed E-state index contributed by atoms with van der Waals surface area (Å²) in [5, 5.41) is 13.6. The van der Waals surface area contributed by atoms with Gasteiger partial charge in [0, 0.05) is 18.3 Å². The van der Waals surface area contributed by atoms with Crippen LogP contribution in [0.1, 0.15) is 23.7 Å². The number of carboxylic acids is 1. The molecule has 1 heterocycles. The second-order valence-electron chi connectivity index (χ2n) is 4.19. The largest absolute Gasteiger partial charge is 0.497 e. The SMILES string of the molecule is CCCn1cc(C(=O)O)c(-c2cccc(OC)c2)n1. The minimum atomic E-state index is -0.972. The van der Waals surface area contributed by atoms with Crippen molar-refractivity contribution in [3.63, 3.8) is 0 Å². The van der Waals surface area contributed by atoms with E-state index < -0.39 is 5.97 Å². The van der Waals surface area contributed by atoms with Crippen LogP contribution in [0.15, 0.2) is 30.5 Å². The second-order valence-corrected chi connectivity index (χ2v) is 4.19. The summed E-state index contributed by atoms with van der Waals surface area (Å²) in [7, 11) is 1.58. The van der Waals surface area contributed by atoms with Crippen LogP contribution >= 0.6 is 0 Å². The van der Waals surface area contributed by atoms with E-state index in [1.807, 2.05) is 25.1 Å². The molecular formula is C14H16N2O3. The number of aryl methyl sites for hydroxylation is 1. The van der Waals surface area contributed by atoms with Gasteiger partial charge in [-0.25, -0.2) is 4.79 Å². The average Bonchev–Trinajstić information content (AvgIpc) is 2.83. The van der Waals surface area contributed by atoms with Crippen molar-refractivity contribution >= 4 is 5.97 Å². The van der Waals surface area contributed by atoms with Crippen molar-refractivity contribution in [2.24, 2.45) is 0 Å². The first-order chi connectivity index (χ1) is 9.15. The van der Waals surface area contributed by atoms with Gasteiger partial charge in [0.25, 0.3) is 0 Å². The first-order valence-corrected chi connectivity index (χ1v) is 6.11. The molecule has 0 bridgehead atoms. The fourth-order valence-corrected chi connectivity index (χ4v) is 1.91. The van der Waals surface area contributed by atoms with Gasteiger partial charge in [-0.1, -0.05) is 19.1 Å². The molecule has 5 heteroatoms. The molecule has 0 aliphatic rings. The topological polar surface area (TPSA) is 64.4 Å². The van der Waals surface area contributed by atoms with Crippen molar-refractivity contribution in [1.29, 1.82) is 0 Å². The van der Waals surface area contributed by atoms with Gasteiger partial charge >= 0.3 is 5.97 Å². The van der Waals surface area contributed by atoms with Gasteiger partial charge in [-0.2, -0.15) is 5.10 Å². The highest BCUT2D eigenvalue weighted by Gasteiger charge is 2.17. The van der Waals surface area contributed by atoms with Gasteiger partial charge in [0.05, 0.1) is 7.11 Å². The molecule has 0 aliphatic carbocycles. The maximum atomic E-state index is 11.3. The third kappa shape index (κ3) is 2.76. The molecule has 5 nitrogen and oxygen atoms in total. The van der Waals surface area contributed by atoms with Crippen LogP contribution in [0.2, 0.25) is 0 Å². The standard InChI is InChI=1S/C14H16N2O3/c1-3-7-16-9-12(14(17)18)13(15-16)10-5-4-6-11(8-10)19-2/h4-6,8-9H,3,7H2,1-2H3,(H,17,18). The Labute approximate surface area is 111 Å². The highest BCUT2D eigenvalue weighted by atomic mass is 16.5. The fraction of sp³-hybridized carbons (Fsp3) is 0.286. The number of aromatic nitrogens is 2. The molecule has 1 aromatic heterocycles. The minimum absolute atomic E-state index is 0.210. The summed E-state index contributed by atoms with van der Waals surface area (Å²) in [5.74, 6) is -0.293. The normalized spacial score (nSPS) is 10.4. The smallest absolute Gasteiger partial charge is 0.339 e. The van der Waals surface area contributed by atoms with E-state index in [0.717, 1.165) is 12.0 Å². The number of hydrogen-bond acceptors (Lipinski definition) is 3. The van der Waals surface area contributed by atoms with Crippen LogP contribution in [0.25, 0.3) is 11.3 Å². The lowest BCUT2D eigenvalue weighted by atomic mass is 10.1. The van der Waals surface area contributed by atoms with Gasteiger partial charge in [-0.05, 0) is 18.6 Å². The number of rotatable bonds is 5. The van der Waals surface area contributed by atoms with Gasteiger partial charge in [0.15, 0.2) is 0 Å². The number of aromatic carboxylic acids is 1. The Bertz CT molecular complexity index is 590. The van der Waals surface area contributed by atoms with E-state index in [1.54, 1.807) is 24.1 Å². The Morgan fingerprint density at radius 3 is 2.89 bits per heavy atom. The molecule has 0 atom stereocenters. The van der Waals surface area contributed by atoms with E-state index in [4.69, 9.17) is 4.74 Å². The van der Waals surface area contributed by atoms with Crippen molar-refractivity contribution in [2.75, 3.05) is 7.11 Å². The number of nitrogens with zero attached hydrogens (tertiary/aromatic N) is 2. The maximum absolute atomic E-state index is 11.3. The quantitative estimate of drug-likeness (QED) is 0.897. The summed E-state index contributed by atoms with van der Waals surface area (Å²) in [6, 6.07) is 7.24. The van der Waals surface area contributed by atoms with Crippen LogP contribution in [0.4, 0.5) is 0 Å². The molecule has 100 valence electrons. The Morgan fingerprint density at radius 2 is 2.26 bits per heavy atom. The van der Waals surface area contributed by atoms with E-state index in [2.05, 4.69) is 5.10 Å². The summed E-state index contributed by atoms with van der Waals surface area (Å²) in [6.45, 7) is 2.72. The number of carboxylic acid groups (broad SMARTS) is 1. The number of hydrogen-bond donors (Lipinski definition) is 1. The predicted molar refractivity (Wildman–Crippen MR) is 71.5 cm³/mol. The average molecular weight is 260 g/mol. The lowest BCUT2D eigenvalue weighted by molar-refractivity contribution is 0.0697. The Hall–Kier alpha value is -2.30. The summed E-state index contributed by atoms with van der Waals surface area (Å²) < 4.78 is 6.81. The van der Waals surface area contributed by atoms with Crippen molar-refractivity contribution in [3.8, 4) is 17.0 Å². The summed E-state index contributed by atoms with van der Waals surface area (Å²) in [4.78, 5) is 11.3. The monoisotopic (exact) mass is 260 g/mol. The minimum Gasteiger partial charge on any atom is -0.497 e. The first-order valence-electron chi connectivity index (χ1n) is 6.11. The van der Waals surface area contributed by atoms with E-state index in [-0.39, 0.29) is 5.56 Å². The van der Waals surface area contributed by atoms with Gasteiger partial charge < -0.3 is 9.84 Å². The molecule has 0 amide bonds. The van der Waals surface area contributed by atoms with Crippen molar-refractivity contribution < 1.29 is 14.6 Å². The molecule has 0 aliphatic heterocycles. The number of ether oxygens (including phenoxy) is 1. The lowest BCUT2D eigenvalue weighted by Crippen LogP contribution is -1.97. The molecule has 19 heavy (non-hydrogen) atoms. The van der Waals surface area contributed by atoms with Crippen LogP contribution in [-0.4, -0.2) is 28.0 Å². The van der Waals surface area contributed by atoms with E-state index in [1.165, 1.54) is 0 Å². The van der Waals surface area contributed by atoms with Crippen molar-refractivity contribution in [2.45, 2.75) is 19.9 Å². The lowest BCUT2D eigenvalue weighted by Gasteiger charge is -2.03. The summed E-state index contributed by atoms with van der Waals surface area (Å²) in [5.41, 5.74) is 1.42. The third-order valence-corrected chi connectivity index (χ3v) is 2.79. The molecule has 0 fully saturated rings. The third-order valence-electron chi connectivity index (χ3n) is 2.79. The molecule has 2 aromatic rings. The summed E-state index contributed by atoms with van der Waals surface area (Å²) >= 11 is 0. The van der Waals surface area contributed by atoms with E-state index >= 15 is 0 Å². The highest BCUT2D eigenvalue weighted by molar-refractivity contribution is 5.94. The molecule has 0 unspecified atom stereocenters. The molecule has 0 radical (unpaired) electrons. The molecule has 0 spiro atoms. The van der Waals surface area contributed by atoms with Crippen LogP contribution < -0.4 is 4.74 Å². The Balaban J connectivity index is 2.49. The molecule has 0 saturated carbocycles. The van der Waals surface area contributed by atoms with Gasteiger partial charge in [-0.15, -0.1) is 0 Å². The molecule has 2 rings (SSSR count). The zero-order chi connectivity index (χ0) is 13.8. The predicted octanol–water partition coefficient (Wildman–Crippen LogP) is 2.67. The maximum Gasteiger partial charge on any atom is 0.339 e. The summed E-state index contributed by atoms with van der Waals surface area (Å²) in [6.07, 6.45) is 2.47. The first kappa shape index (κ1) is 13.1. The van der Waals surface area contributed by atoms with Gasteiger partial charge in [0.2, 0.25) is 0 Å². The number of benzene rings is 1.